The first kappa shape index (κ1) is 16.7. The molecular formula is C18H17ClN6O. The summed E-state index contributed by atoms with van der Waals surface area (Å²) in [6, 6.07) is 5.85. The minimum absolute atomic E-state index is 0.167. The molecule has 0 fully saturated rings. The van der Waals surface area contributed by atoms with Crippen molar-refractivity contribution in [1.29, 1.82) is 0 Å². The number of nitrogen functional groups attached to an aromatic ring is 1. The van der Waals surface area contributed by atoms with Crippen LogP contribution in [0, 0.1) is 0 Å². The molecule has 3 aromatic rings. The Morgan fingerprint density at radius 3 is 2.85 bits per heavy atom. The Balaban J connectivity index is 1.78. The molecule has 1 aliphatic rings. The van der Waals surface area contributed by atoms with Gasteiger partial charge in [-0.05, 0) is 30.5 Å². The van der Waals surface area contributed by atoms with Crippen LogP contribution in [0.1, 0.15) is 23.7 Å². The van der Waals surface area contributed by atoms with Crippen LogP contribution in [0.2, 0.25) is 5.02 Å². The van der Waals surface area contributed by atoms with Crippen molar-refractivity contribution in [2.75, 3.05) is 17.2 Å². The van der Waals surface area contributed by atoms with Crippen molar-refractivity contribution in [3.8, 4) is 0 Å². The molecule has 1 unspecified atom stereocenters. The molecule has 7 nitrogen and oxygen atoms in total. The fraction of sp³-hybridized carbons (Fsp3) is 0.222. The Morgan fingerprint density at radius 2 is 2.08 bits per heavy atom. The average Bonchev–Trinajstić information content (AvgIpc) is 3.07. The molecule has 1 atom stereocenters. The van der Waals surface area contributed by atoms with Crippen molar-refractivity contribution >= 4 is 29.1 Å². The van der Waals surface area contributed by atoms with Crippen LogP contribution in [-0.2, 0) is 12.0 Å². The third-order valence-electron chi connectivity index (χ3n) is 4.60. The van der Waals surface area contributed by atoms with Crippen molar-refractivity contribution in [1.82, 2.24) is 19.9 Å². The molecule has 0 aliphatic carbocycles. The molecule has 0 spiro atoms. The second kappa shape index (κ2) is 6.19. The number of rotatable bonds is 3. The van der Waals surface area contributed by atoms with E-state index in [2.05, 4.69) is 19.9 Å². The van der Waals surface area contributed by atoms with E-state index in [0.717, 1.165) is 24.2 Å². The van der Waals surface area contributed by atoms with E-state index in [-0.39, 0.29) is 5.95 Å². The Morgan fingerprint density at radius 1 is 1.23 bits per heavy atom. The van der Waals surface area contributed by atoms with Gasteiger partial charge in [0.2, 0.25) is 5.95 Å². The predicted molar refractivity (Wildman–Crippen MR) is 99.3 cm³/mol. The number of aromatic nitrogens is 4. The minimum atomic E-state index is -1.27. The van der Waals surface area contributed by atoms with Gasteiger partial charge in [0.05, 0.1) is 18.1 Å². The minimum Gasteiger partial charge on any atom is -0.379 e. The molecule has 1 aliphatic heterocycles. The van der Waals surface area contributed by atoms with E-state index >= 15 is 0 Å². The summed E-state index contributed by atoms with van der Waals surface area (Å²) >= 11 is 6.28. The number of halogens is 1. The maximum atomic E-state index is 11.1. The highest BCUT2D eigenvalue weighted by molar-refractivity contribution is 6.33. The monoisotopic (exact) mass is 368 g/mol. The lowest BCUT2D eigenvalue weighted by Crippen LogP contribution is -2.25. The highest BCUT2D eigenvalue weighted by Crippen LogP contribution is 2.40. The van der Waals surface area contributed by atoms with Crippen LogP contribution >= 0.6 is 11.6 Å². The Labute approximate surface area is 155 Å². The van der Waals surface area contributed by atoms with Crippen LogP contribution in [0.4, 0.5) is 17.5 Å². The van der Waals surface area contributed by atoms with Crippen molar-refractivity contribution in [3.63, 3.8) is 0 Å². The van der Waals surface area contributed by atoms with E-state index in [1.807, 2.05) is 23.1 Å². The van der Waals surface area contributed by atoms with Crippen LogP contribution in [0.5, 0.6) is 0 Å². The fourth-order valence-corrected chi connectivity index (χ4v) is 3.35. The molecule has 0 amide bonds. The van der Waals surface area contributed by atoms with Crippen LogP contribution < -0.4 is 10.6 Å². The highest BCUT2D eigenvalue weighted by Gasteiger charge is 2.31. The van der Waals surface area contributed by atoms with E-state index < -0.39 is 5.60 Å². The molecule has 132 valence electrons. The summed E-state index contributed by atoms with van der Waals surface area (Å²) in [6.07, 6.45) is 7.05. The molecule has 3 N–H and O–H groups in total. The maximum absolute atomic E-state index is 11.1. The molecule has 0 radical (unpaired) electrons. The first-order valence-electron chi connectivity index (χ1n) is 8.14. The van der Waals surface area contributed by atoms with E-state index in [1.54, 1.807) is 25.5 Å². The molecule has 4 rings (SSSR count). The summed E-state index contributed by atoms with van der Waals surface area (Å²) in [5.41, 5.74) is 7.73. The van der Waals surface area contributed by atoms with Gasteiger partial charge in [-0.2, -0.15) is 4.98 Å². The van der Waals surface area contributed by atoms with Gasteiger partial charge in [-0.1, -0.05) is 23.7 Å². The van der Waals surface area contributed by atoms with E-state index in [1.165, 1.54) is 6.20 Å². The number of nitrogens with zero attached hydrogens (tertiary/aromatic N) is 5. The molecule has 26 heavy (non-hydrogen) atoms. The van der Waals surface area contributed by atoms with Gasteiger partial charge in [-0.25, -0.2) is 4.98 Å². The summed E-state index contributed by atoms with van der Waals surface area (Å²) in [5.74, 6) is 0.731. The van der Waals surface area contributed by atoms with Gasteiger partial charge in [-0.3, -0.25) is 9.97 Å². The van der Waals surface area contributed by atoms with Gasteiger partial charge in [0.1, 0.15) is 10.6 Å². The first-order valence-corrected chi connectivity index (χ1v) is 8.52. The Kier molecular flexibility index (Phi) is 3.97. The first-order chi connectivity index (χ1) is 12.5. The van der Waals surface area contributed by atoms with Gasteiger partial charge in [0.25, 0.3) is 0 Å². The normalized spacial score (nSPS) is 15.6. The highest BCUT2D eigenvalue weighted by atomic mass is 35.5. The zero-order valence-corrected chi connectivity index (χ0v) is 14.9. The molecule has 8 heteroatoms. The summed E-state index contributed by atoms with van der Waals surface area (Å²) < 4.78 is 0. The van der Waals surface area contributed by atoms with E-state index in [0.29, 0.717) is 22.1 Å². The molecule has 1 aromatic carbocycles. The van der Waals surface area contributed by atoms with Crippen LogP contribution in [0.15, 0.2) is 43.0 Å². The van der Waals surface area contributed by atoms with E-state index in [4.69, 9.17) is 17.3 Å². The molecule has 0 saturated heterocycles. The molecule has 0 bridgehead atoms. The largest absolute Gasteiger partial charge is 0.379 e. The third-order valence-corrected chi connectivity index (χ3v) is 4.87. The van der Waals surface area contributed by atoms with Gasteiger partial charge in [0.15, 0.2) is 5.82 Å². The number of benzene rings is 1. The number of hydrogen-bond donors (Lipinski definition) is 2. The zero-order valence-electron chi connectivity index (χ0n) is 14.1. The van der Waals surface area contributed by atoms with Gasteiger partial charge in [-0.15, -0.1) is 0 Å². The fourth-order valence-electron chi connectivity index (χ4n) is 3.16. The Bertz CT molecular complexity index is 963. The summed E-state index contributed by atoms with van der Waals surface area (Å²) in [7, 11) is 0. The summed E-state index contributed by atoms with van der Waals surface area (Å²) in [5, 5.41) is 11.5. The second-order valence-electron chi connectivity index (χ2n) is 6.31. The maximum Gasteiger partial charge on any atom is 0.222 e. The van der Waals surface area contributed by atoms with Crippen LogP contribution in [-0.4, -0.2) is 31.6 Å². The Hall–Kier alpha value is -2.77. The second-order valence-corrected chi connectivity index (χ2v) is 6.71. The van der Waals surface area contributed by atoms with Crippen molar-refractivity contribution in [2.45, 2.75) is 18.9 Å². The standard InChI is InChI=1S/C18H17ClN6O/c1-18(26,15-10-21-5-6-22-15)12-3-2-11-4-7-25(14(11)8-12)16-13(19)9-23-17(20)24-16/h2-3,5-6,8-10,26H,4,7H2,1H3,(H2,20,23,24). The SMILES string of the molecule is CC(O)(c1ccc2c(c1)N(c1nc(N)ncc1Cl)CC2)c1cnccn1. The summed E-state index contributed by atoms with van der Waals surface area (Å²) in [4.78, 5) is 18.5. The number of hydrogen-bond acceptors (Lipinski definition) is 7. The molecular weight excluding hydrogens is 352 g/mol. The quantitative estimate of drug-likeness (QED) is 0.732. The zero-order chi connectivity index (χ0) is 18.3. The van der Waals surface area contributed by atoms with Crippen LogP contribution in [0.25, 0.3) is 0 Å². The van der Waals surface area contributed by atoms with Crippen LogP contribution in [0.3, 0.4) is 0 Å². The lowest BCUT2D eigenvalue weighted by atomic mass is 9.91. The van der Waals surface area contributed by atoms with E-state index in [9.17, 15) is 5.11 Å². The van der Waals surface area contributed by atoms with Gasteiger partial charge < -0.3 is 15.7 Å². The third kappa shape index (κ3) is 2.75. The van der Waals surface area contributed by atoms with Crippen molar-refractivity contribution < 1.29 is 5.11 Å². The van der Waals surface area contributed by atoms with Gasteiger partial charge >= 0.3 is 0 Å². The summed E-state index contributed by atoms with van der Waals surface area (Å²) in [6.45, 7) is 2.43. The number of fused-ring (bicyclic) bond motifs is 1. The molecule has 3 heterocycles. The smallest absolute Gasteiger partial charge is 0.222 e. The number of nitrogens with two attached hydrogens (primary N) is 1. The number of aliphatic hydroxyl groups is 1. The number of anilines is 3. The van der Waals surface area contributed by atoms with Crippen molar-refractivity contribution in [2.24, 2.45) is 0 Å². The molecule has 2 aromatic heterocycles. The molecule has 0 saturated carbocycles. The van der Waals surface area contributed by atoms with Gasteiger partial charge in [0, 0.05) is 24.6 Å². The average molecular weight is 369 g/mol. The topological polar surface area (TPSA) is 101 Å². The predicted octanol–water partition coefficient (Wildman–Crippen LogP) is 2.45. The lowest BCUT2D eigenvalue weighted by Gasteiger charge is -2.25. The lowest BCUT2D eigenvalue weighted by molar-refractivity contribution is 0.0970. The van der Waals surface area contributed by atoms with Crippen molar-refractivity contribution in [3.05, 3.63) is 64.8 Å².